The Hall–Kier alpha value is -0.970. The maximum absolute atomic E-state index is 5.55. The fourth-order valence-corrected chi connectivity index (χ4v) is 3.20. The zero-order valence-electron chi connectivity index (χ0n) is 11.6. The number of nitrogens with zero attached hydrogens (tertiary/aromatic N) is 2. The Bertz CT molecular complexity index is 399. The van der Waals surface area contributed by atoms with E-state index in [0.29, 0.717) is 5.92 Å². The predicted octanol–water partition coefficient (Wildman–Crippen LogP) is 0.891. The summed E-state index contributed by atoms with van der Waals surface area (Å²) in [5, 5.41) is 3.41. The minimum absolute atomic E-state index is 0.202. The van der Waals surface area contributed by atoms with Crippen molar-refractivity contribution in [3.63, 3.8) is 0 Å². The molecule has 2 aliphatic rings. The Morgan fingerprint density at radius 3 is 2.58 bits per heavy atom. The topological polar surface area (TPSA) is 37.4 Å². The summed E-state index contributed by atoms with van der Waals surface area (Å²) in [5.74, 6) is 0.613. The molecular formula is C15H23N3O. The van der Waals surface area contributed by atoms with Crippen molar-refractivity contribution in [2.45, 2.75) is 12.3 Å². The molecule has 1 aromatic heterocycles. The molecule has 1 N–H and O–H groups in total. The molecule has 3 heterocycles. The number of rotatable bonds is 4. The summed E-state index contributed by atoms with van der Waals surface area (Å²) in [6.07, 6.45) is 3.79. The van der Waals surface area contributed by atoms with Crippen LogP contribution in [0, 0.1) is 5.92 Å². The van der Waals surface area contributed by atoms with Crippen molar-refractivity contribution in [1.29, 1.82) is 0 Å². The molecule has 0 aliphatic carbocycles. The van der Waals surface area contributed by atoms with E-state index in [1.54, 1.807) is 0 Å². The second-order valence-electron chi connectivity index (χ2n) is 5.84. The van der Waals surface area contributed by atoms with Crippen LogP contribution in [-0.2, 0) is 10.2 Å². The number of pyridine rings is 1. The summed E-state index contributed by atoms with van der Waals surface area (Å²) in [4.78, 5) is 6.70. The highest BCUT2D eigenvalue weighted by atomic mass is 16.5. The van der Waals surface area contributed by atoms with Gasteiger partial charge in [0.25, 0.3) is 0 Å². The molecule has 1 unspecified atom stereocenters. The van der Waals surface area contributed by atoms with Crippen LogP contribution in [0.25, 0.3) is 0 Å². The predicted molar refractivity (Wildman–Crippen MR) is 75.2 cm³/mol. The van der Waals surface area contributed by atoms with Crippen molar-refractivity contribution in [1.82, 2.24) is 15.2 Å². The van der Waals surface area contributed by atoms with Gasteiger partial charge in [-0.05, 0) is 23.6 Å². The summed E-state index contributed by atoms with van der Waals surface area (Å²) in [6, 6.07) is 4.30. The van der Waals surface area contributed by atoms with Gasteiger partial charge in [0.2, 0.25) is 0 Å². The van der Waals surface area contributed by atoms with Gasteiger partial charge in [-0.1, -0.05) is 6.92 Å². The molecule has 4 nitrogen and oxygen atoms in total. The van der Waals surface area contributed by atoms with Crippen LogP contribution in [0.4, 0.5) is 0 Å². The lowest BCUT2D eigenvalue weighted by Gasteiger charge is -2.48. The third kappa shape index (κ3) is 2.53. The van der Waals surface area contributed by atoms with E-state index in [4.69, 9.17) is 4.74 Å². The lowest BCUT2D eigenvalue weighted by Crippen LogP contribution is -2.56. The van der Waals surface area contributed by atoms with Crippen molar-refractivity contribution in [2.75, 3.05) is 45.9 Å². The number of nitrogens with one attached hydrogen (secondary N) is 1. The fourth-order valence-electron chi connectivity index (χ4n) is 3.20. The minimum atomic E-state index is 0.202. The van der Waals surface area contributed by atoms with Gasteiger partial charge in [0.05, 0.1) is 13.2 Å². The minimum Gasteiger partial charge on any atom is -0.379 e. The quantitative estimate of drug-likeness (QED) is 0.873. The molecule has 4 heteroatoms. The van der Waals surface area contributed by atoms with E-state index >= 15 is 0 Å². The van der Waals surface area contributed by atoms with Gasteiger partial charge in [-0.2, -0.15) is 0 Å². The van der Waals surface area contributed by atoms with Crippen molar-refractivity contribution < 1.29 is 4.74 Å². The van der Waals surface area contributed by atoms with E-state index in [-0.39, 0.29) is 5.41 Å². The van der Waals surface area contributed by atoms with E-state index in [9.17, 15) is 0 Å². The first kappa shape index (κ1) is 13.0. The van der Waals surface area contributed by atoms with Crippen LogP contribution < -0.4 is 5.32 Å². The van der Waals surface area contributed by atoms with E-state index in [2.05, 4.69) is 34.3 Å². The standard InChI is InChI=1S/C15H23N3O/c1-13(10-18-8-6-17-7-9-18)15(11-19-12-15)14-2-4-16-5-3-14/h2-5,13,17H,6-12H2,1H3. The van der Waals surface area contributed by atoms with Crippen molar-refractivity contribution in [2.24, 2.45) is 5.92 Å². The van der Waals surface area contributed by atoms with Gasteiger partial charge in [0.15, 0.2) is 0 Å². The van der Waals surface area contributed by atoms with Crippen molar-refractivity contribution in [3.8, 4) is 0 Å². The molecule has 2 saturated heterocycles. The number of piperazine rings is 1. The Balaban J connectivity index is 1.71. The van der Waals surface area contributed by atoms with Crippen LogP contribution in [0.5, 0.6) is 0 Å². The lowest BCUT2D eigenvalue weighted by atomic mass is 9.69. The number of hydrogen-bond donors (Lipinski definition) is 1. The first-order chi connectivity index (χ1) is 9.31. The molecule has 104 valence electrons. The molecule has 2 aliphatic heterocycles. The maximum Gasteiger partial charge on any atom is 0.0588 e. The highest BCUT2D eigenvalue weighted by Crippen LogP contribution is 2.39. The Morgan fingerprint density at radius 2 is 2.00 bits per heavy atom. The van der Waals surface area contributed by atoms with Gasteiger partial charge < -0.3 is 15.0 Å². The molecule has 0 amide bonds. The molecule has 2 fully saturated rings. The number of aromatic nitrogens is 1. The molecule has 0 saturated carbocycles. The van der Waals surface area contributed by atoms with Gasteiger partial charge in [-0.15, -0.1) is 0 Å². The Kier molecular flexibility index (Phi) is 3.82. The lowest BCUT2D eigenvalue weighted by molar-refractivity contribution is -0.0926. The first-order valence-corrected chi connectivity index (χ1v) is 7.22. The third-order valence-corrected chi connectivity index (χ3v) is 4.66. The average molecular weight is 261 g/mol. The summed E-state index contributed by atoms with van der Waals surface area (Å²) in [5.41, 5.74) is 1.59. The molecule has 0 aromatic carbocycles. The second kappa shape index (κ2) is 5.57. The van der Waals surface area contributed by atoms with E-state index < -0.39 is 0 Å². The molecule has 3 rings (SSSR count). The van der Waals surface area contributed by atoms with Gasteiger partial charge in [-0.3, -0.25) is 4.98 Å². The van der Waals surface area contributed by atoms with E-state index in [1.807, 2.05) is 12.4 Å². The zero-order valence-corrected chi connectivity index (χ0v) is 11.6. The summed E-state index contributed by atoms with van der Waals surface area (Å²) >= 11 is 0. The van der Waals surface area contributed by atoms with E-state index in [0.717, 1.165) is 45.9 Å². The van der Waals surface area contributed by atoms with E-state index in [1.165, 1.54) is 5.56 Å². The normalized spacial score (nSPS) is 24.7. The van der Waals surface area contributed by atoms with Crippen LogP contribution >= 0.6 is 0 Å². The fraction of sp³-hybridized carbons (Fsp3) is 0.667. The molecule has 0 spiro atoms. The summed E-state index contributed by atoms with van der Waals surface area (Å²) < 4.78 is 5.55. The molecule has 0 bridgehead atoms. The van der Waals surface area contributed by atoms with Crippen molar-refractivity contribution >= 4 is 0 Å². The largest absolute Gasteiger partial charge is 0.379 e. The second-order valence-corrected chi connectivity index (χ2v) is 5.84. The zero-order chi connectivity index (χ0) is 13.1. The summed E-state index contributed by atoms with van der Waals surface area (Å²) in [6.45, 7) is 9.79. The van der Waals surface area contributed by atoms with Crippen LogP contribution in [-0.4, -0.2) is 55.8 Å². The van der Waals surface area contributed by atoms with Gasteiger partial charge >= 0.3 is 0 Å². The summed E-state index contributed by atoms with van der Waals surface area (Å²) in [7, 11) is 0. The Morgan fingerprint density at radius 1 is 1.32 bits per heavy atom. The molecule has 0 radical (unpaired) electrons. The molecular weight excluding hydrogens is 238 g/mol. The van der Waals surface area contributed by atoms with Gasteiger partial charge in [-0.25, -0.2) is 0 Å². The SMILES string of the molecule is CC(CN1CCNCC1)C1(c2ccncc2)COC1. The first-order valence-electron chi connectivity index (χ1n) is 7.22. The Labute approximate surface area is 115 Å². The van der Waals surface area contributed by atoms with Crippen LogP contribution in [0.2, 0.25) is 0 Å². The average Bonchev–Trinajstić information content (AvgIpc) is 2.40. The smallest absolute Gasteiger partial charge is 0.0588 e. The number of ether oxygens (including phenoxy) is 1. The van der Waals surface area contributed by atoms with Crippen molar-refractivity contribution in [3.05, 3.63) is 30.1 Å². The maximum atomic E-state index is 5.55. The van der Waals surface area contributed by atoms with Crippen LogP contribution in [0.3, 0.4) is 0 Å². The van der Waals surface area contributed by atoms with Crippen LogP contribution in [0.15, 0.2) is 24.5 Å². The molecule has 1 aromatic rings. The molecule has 19 heavy (non-hydrogen) atoms. The number of hydrogen-bond acceptors (Lipinski definition) is 4. The van der Waals surface area contributed by atoms with Gasteiger partial charge in [0, 0.05) is 50.5 Å². The highest BCUT2D eigenvalue weighted by molar-refractivity contribution is 5.27. The monoisotopic (exact) mass is 261 g/mol. The van der Waals surface area contributed by atoms with Gasteiger partial charge in [0.1, 0.15) is 0 Å². The molecule has 1 atom stereocenters. The third-order valence-electron chi connectivity index (χ3n) is 4.66. The van der Waals surface area contributed by atoms with Crippen LogP contribution in [0.1, 0.15) is 12.5 Å². The highest BCUT2D eigenvalue weighted by Gasteiger charge is 2.45.